The van der Waals surface area contributed by atoms with Crippen LogP contribution in [-0.4, -0.2) is 5.91 Å². The standard InChI is InChI=1S/C14H11F3N2O2/c15-14(16,17)9-2-4-10(5-3-9)21-12-6-1-8(13(19)20)7-11(12)18/h1-7H,18H2,(H2,19,20). The number of halogens is 3. The fraction of sp³-hybridized carbons (Fsp3) is 0.0714. The van der Waals surface area contributed by atoms with Crippen LogP contribution in [0.25, 0.3) is 0 Å². The number of nitrogens with two attached hydrogens (primary N) is 2. The monoisotopic (exact) mass is 296 g/mol. The third-order valence-corrected chi connectivity index (χ3v) is 2.70. The van der Waals surface area contributed by atoms with E-state index in [1.807, 2.05) is 0 Å². The predicted molar refractivity (Wildman–Crippen MR) is 70.9 cm³/mol. The van der Waals surface area contributed by atoms with Gasteiger partial charge in [-0.3, -0.25) is 4.79 Å². The molecule has 4 nitrogen and oxygen atoms in total. The number of rotatable bonds is 3. The van der Waals surface area contributed by atoms with E-state index in [1.54, 1.807) is 0 Å². The zero-order chi connectivity index (χ0) is 15.6. The van der Waals surface area contributed by atoms with Crippen LogP contribution in [0.1, 0.15) is 15.9 Å². The molecule has 110 valence electrons. The Morgan fingerprint density at radius 3 is 2.14 bits per heavy atom. The van der Waals surface area contributed by atoms with Crippen molar-refractivity contribution < 1.29 is 22.7 Å². The van der Waals surface area contributed by atoms with Crippen LogP contribution in [0.15, 0.2) is 42.5 Å². The molecule has 0 saturated heterocycles. The minimum atomic E-state index is -4.40. The molecule has 2 aromatic rings. The molecule has 0 radical (unpaired) electrons. The molecule has 4 N–H and O–H groups in total. The van der Waals surface area contributed by atoms with E-state index in [9.17, 15) is 18.0 Å². The minimum Gasteiger partial charge on any atom is -0.455 e. The number of hydrogen-bond donors (Lipinski definition) is 2. The van der Waals surface area contributed by atoms with Crippen molar-refractivity contribution in [3.05, 3.63) is 53.6 Å². The Morgan fingerprint density at radius 1 is 1.05 bits per heavy atom. The summed E-state index contributed by atoms with van der Waals surface area (Å²) in [4.78, 5) is 11.0. The molecule has 0 aliphatic rings. The normalized spacial score (nSPS) is 11.2. The van der Waals surface area contributed by atoms with Crippen molar-refractivity contribution in [2.24, 2.45) is 5.73 Å². The first-order chi connectivity index (χ1) is 9.77. The number of hydrogen-bond acceptors (Lipinski definition) is 3. The van der Waals surface area contributed by atoms with Gasteiger partial charge in [-0.1, -0.05) is 0 Å². The molecule has 0 spiro atoms. The fourth-order valence-electron chi connectivity index (χ4n) is 1.63. The summed E-state index contributed by atoms with van der Waals surface area (Å²) in [6.45, 7) is 0. The van der Waals surface area contributed by atoms with Crippen LogP contribution >= 0.6 is 0 Å². The van der Waals surface area contributed by atoms with Crippen LogP contribution in [0.2, 0.25) is 0 Å². The van der Waals surface area contributed by atoms with Gasteiger partial charge in [0.25, 0.3) is 0 Å². The van der Waals surface area contributed by atoms with E-state index in [0.29, 0.717) is 0 Å². The number of anilines is 1. The predicted octanol–water partition coefficient (Wildman–Crippen LogP) is 3.18. The SMILES string of the molecule is NC(=O)c1ccc(Oc2ccc(C(F)(F)F)cc2)c(N)c1. The first kappa shape index (κ1) is 14.7. The lowest BCUT2D eigenvalue weighted by molar-refractivity contribution is -0.137. The molecule has 21 heavy (non-hydrogen) atoms. The lowest BCUT2D eigenvalue weighted by atomic mass is 10.2. The third kappa shape index (κ3) is 3.44. The molecule has 0 unspecified atom stereocenters. The highest BCUT2D eigenvalue weighted by Crippen LogP contribution is 2.32. The van der Waals surface area contributed by atoms with Gasteiger partial charge in [-0.05, 0) is 42.5 Å². The third-order valence-electron chi connectivity index (χ3n) is 2.70. The Kier molecular flexibility index (Phi) is 3.75. The number of alkyl halides is 3. The van der Waals surface area contributed by atoms with E-state index >= 15 is 0 Å². The maximum atomic E-state index is 12.4. The molecule has 0 aromatic heterocycles. The molecule has 0 bridgehead atoms. The summed E-state index contributed by atoms with van der Waals surface area (Å²) in [6.07, 6.45) is -4.40. The van der Waals surface area contributed by atoms with Gasteiger partial charge in [-0.2, -0.15) is 13.2 Å². The Morgan fingerprint density at radius 2 is 1.67 bits per heavy atom. The Hall–Kier alpha value is -2.70. The van der Waals surface area contributed by atoms with Crippen molar-refractivity contribution in [3.8, 4) is 11.5 Å². The summed E-state index contributed by atoms with van der Waals surface area (Å²) in [5.41, 5.74) is 10.4. The van der Waals surface area contributed by atoms with Crippen molar-refractivity contribution in [2.75, 3.05) is 5.73 Å². The number of nitrogen functional groups attached to an aromatic ring is 1. The number of ether oxygens (including phenoxy) is 1. The quantitative estimate of drug-likeness (QED) is 0.854. The highest BCUT2D eigenvalue weighted by Gasteiger charge is 2.30. The van der Waals surface area contributed by atoms with Gasteiger partial charge >= 0.3 is 6.18 Å². The molecule has 2 aromatic carbocycles. The second-order valence-electron chi connectivity index (χ2n) is 4.24. The van der Waals surface area contributed by atoms with Crippen LogP contribution < -0.4 is 16.2 Å². The van der Waals surface area contributed by atoms with Gasteiger partial charge in [0.15, 0.2) is 0 Å². The molecule has 0 fully saturated rings. The molecule has 0 heterocycles. The maximum absolute atomic E-state index is 12.4. The molecule has 2 rings (SSSR count). The van der Waals surface area contributed by atoms with E-state index in [0.717, 1.165) is 12.1 Å². The number of carbonyl (C=O) groups is 1. The van der Waals surface area contributed by atoms with Gasteiger partial charge in [-0.15, -0.1) is 0 Å². The summed E-state index contributed by atoms with van der Waals surface area (Å²) in [7, 11) is 0. The zero-order valence-corrected chi connectivity index (χ0v) is 10.6. The largest absolute Gasteiger partial charge is 0.455 e. The number of benzene rings is 2. The molecule has 0 aliphatic heterocycles. The summed E-state index contributed by atoms with van der Waals surface area (Å²) in [6, 6.07) is 8.36. The van der Waals surface area contributed by atoms with E-state index in [4.69, 9.17) is 16.2 Å². The smallest absolute Gasteiger partial charge is 0.416 e. The number of amides is 1. The zero-order valence-electron chi connectivity index (χ0n) is 10.6. The summed E-state index contributed by atoms with van der Waals surface area (Å²) < 4.78 is 42.6. The minimum absolute atomic E-state index is 0.159. The van der Waals surface area contributed by atoms with E-state index in [1.165, 1.54) is 30.3 Å². The van der Waals surface area contributed by atoms with Crippen molar-refractivity contribution in [2.45, 2.75) is 6.18 Å². The Labute approximate surface area is 118 Å². The van der Waals surface area contributed by atoms with Crippen molar-refractivity contribution in [3.63, 3.8) is 0 Å². The van der Waals surface area contributed by atoms with Crippen molar-refractivity contribution in [1.29, 1.82) is 0 Å². The second kappa shape index (κ2) is 5.35. The van der Waals surface area contributed by atoms with Crippen molar-refractivity contribution in [1.82, 2.24) is 0 Å². The van der Waals surface area contributed by atoms with Gasteiger partial charge in [0.1, 0.15) is 11.5 Å². The number of primary amides is 1. The molecule has 1 amide bonds. The van der Waals surface area contributed by atoms with Crippen LogP contribution in [0, 0.1) is 0 Å². The van der Waals surface area contributed by atoms with Crippen LogP contribution in [0.4, 0.5) is 18.9 Å². The first-order valence-corrected chi connectivity index (χ1v) is 5.82. The average Bonchev–Trinajstić information content (AvgIpc) is 2.40. The van der Waals surface area contributed by atoms with Crippen molar-refractivity contribution >= 4 is 11.6 Å². The fourth-order valence-corrected chi connectivity index (χ4v) is 1.63. The van der Waals surface area contributed by atoms with Gasteiger partial charge < -0.3 is 16.2 Å². The van der Waals surface area contributed by atoms with E-state index < -0.39 is 17.6 Å². The van der Waals surface area contributed by atoms with Crippen LogP contribution in [-0.2, 0) is 6.18 Å². The molecule has 7 heteroatoms. The highest BCUT2D eigenvalue weighted by atomic mass is 19.4. The topological polar surface area (TPSA) is 78.3 Å². The molecular formula is C14H11F3N2O2. The Balaban J connectivity index is 2.20. The van der Waals surface area contributed by atoms with Gasteiger partial charge in [0, 0.05) is 5.56 Å². The van der Waals surface area contributed by atoms with E-state index in [-0.39, 0.29) is 22.7 Å². The van der Waals surface area contributed by atoms with Crippen LogP contribution in [0.3, 0.4) is 0 Å². The average molecular weight is 296 g/mol. The Bertz CT molecular complexity index is 667. The second-order valence-corrected chi connectivity index (χ2v) is 4.24. The first-order valence-electron chi connectivity index (χ1n) is 5.82. The van der Waals surface area contributed by atoms with Gasteiger partial charge in [0.05, 0.1) is 11.3 Å². The molecule has 0 aliphatic carbocycles. The lowest BCUT2D eigenvalue weighted by Gasteiger charge is -2.11. The molecular weight excluding hydrogens is 285 g/mol. The van der Waals surface area contributed by atoms with E-state index in [2.05, 4.69) is 0 Å². The molecule has 0 saturated carbocycles. The van der Waals surface area contributed by atoms with Gasteiger partial charge in [0.2, 0.25) is 5.91 Å². The van der Waals surface area contributed by atoms with Crippen LogP contribution in [0.5, 0.6) is 11.5 Å². The summed E-state index contributed by atoms with van der Waals surface area (Å²) >= 11 is 0. The summed E-state index contributed by atoms with van der Waals surface area (Å²) in [5, 5.41) is 0. The molecule has 0 atom stereocenters. The maximum Gasteiger partial charge on any atom is 0.416 e. The number of carbonyl (C=O) groups excluding carboxylic acids is 1. The highest BCUT2D eigenvalue weighted by molar-refractivity contribution is 5.94. The summed E-state index contributed by atoms with van der Waals surface area (Å²) in [5.74, 6) is -0.218. The lowest BCUT2D eigenvalue weighted by Crippen LogP contribution is -2.11. The van der Waals surface area contributed by atoms with Gasteiger partial charge in [-0.25, -0.2) is 0 Å².